The van der Waals surface area contributed by atoms with Gasteiger partial charge in [0, 0.05) is 6.54 Å². The van der Waals surface area contributed by atoms with Crippen molar-refractivity contribution in [2.45, 2.75) is 32.7 Å². The van der Waals surface area contributed by atoms with E-state index in [1.54, 1.807) is 20.8 Å². The Balaban J connectivity index is 2.47. The molecule has 1 rings (SSSR count). The molecular formula is C10H17NO5. The summed E-state index contributed by atoms with van der Waals surface area (Å²) in [6, 6.07) is 0. The van der Waals surface area contributed by atoms with Crippen LogP contribution in [0, 0.1) is 0 Å². The summed E-state index contributed by atoms with van der Waals surface area (Å²) in [6.07, 6.45) is -1.12. The molecule has 0 spiro atoms. The van der Waals surface area contributed by atoms with E-state index in [9.17, 15) is 9.59 Å². The van der Waals surface area contributed by atoms with Gasteiger partial charge >= 0.3 is 6.09 Å². The monoisotopic (exact) mass is 231 g/mol. The number of carbonyl (C=O) groups excluding carboxylic acids is 2. The molecule has 0 bridgehead atoms. The maximum absolute atomic E-state index is 11.7. The summed E-state index contributed by atoms with van der Waals surface area (Å²) in [5, 5.41) is 0. The fourth-order valence-corrected chi connectivity index (χ4v) is 1.25. The van der Waals surface area contributed by atoms with E-state index in [1.807, 2.05) is 0 Å². The van der Waals surface area contributed by atoms with Crippen LogP contribution < -0.4 is 0 Å². The Morgan fingerprint density at radius 1 is 1.50 bits per heavy atom. The minimum absolute atomic E-state index is 0.202. The van der Waals surface area contributed by atoms with Crippen molar-refractivity contribution >= 4 is 12.6 Å². The highest BCUT2D eigenvalue weighted by Crippen LogP contribution is 2.13. The van der Waals surface area contributed by atoms with Crippen LogP contribution in [0.5, 0.6) is 0 Å². The van der Waals surface area contributed by atoms with Gasteiger partial charge in [0.25, 0.3) is 6.47 Å². The first-order valence-corrected chi connectivity index (χ1v) is 5.11. The Morgan fingerprint density at radius 2 is 2.19 bits per heavy atom. The fourth-order valence-electron chi connectivity index (χ4n) is 1.25. The van der Waals surface area contributed by atoms with Crippen molar-refractivity contribution in [2.75, 3.05) is 19.7 Å². The minimum atomic E-state index is -0.696. The number of hydrogen-bond donors (Lipinski definition) is 0. The molecule has 6 nitrogen and oxygen atoms in total. The summed E-state index contributed by atoms with van der Waals surface area (Å²) >= 11 is 0. The van der Waals surface area contributed by atoms with E-state index in [4.69, 9.17) is 9.47 Å². The highest BCUT2D eigenvalue weighted by Gasteiger charge is 2.28. The zero-order valence-electron chi connectivity index (χ0n) is 9.76. The second-order valence-corrected chi connectivity index (χ2v) is 4.46. The van der Waals surface area contributed by atoms with Crippen LogP contribution in [-0.4, -0.2) is 49.1 Å². The van der Waals surface area contributed by atoms with Crippen molar-refractivity contribution in [1.29, 1.82) is 0 Å². The van der Waals surface area contributed by atoms with E-state index in [1.165, 1.54) is 4.90 Å². The number of morpholine rings is 1. The zero-order valence-corrected chi connectivity index (χ0v) is 9.76. The van der Waals surface area contributed by atoms with Gasteiger partial charge in [-0.25, -0.2) is 4.79 Å². The third kappa shape index (κ3) is 4.06. The topological polar surface area (TPSA) is 65.1 Å². The van der Waals surface area contributed by atoms with Crippen LogP contribution in [0.1, 0.15) is 20.8 Å². The van der Waals surface area contributed by atoms with Crippen molar-refractivity contribution in [3.63, 3.8) is 0 Å². The van der Waals surface area contributed by atoms with Crippen LogP contribution in [0.25, 0.3) is 0 Å². The number of amides is 1. The Labute approximate surface area is 94.4 Å². The van der Waals surface area contributed by atoms with Crippen molar-refractivity contribution < 1.29 is 23.8 Å². The minimum Gasteiger partial charge on any atom is -0.444 e. The lowest BCUT2D eigenvalue weighted by molar-refractivity contribution is -0.179. The van der Waals surface area contributed by atoms with Crippen molar-refractivity contribution in [3.05, 3.63) is 0 Å². The predicted octanol–water partition coefficient (Wildman–Crippen LogP) is 0.753. The molecule has 0 aliphatic carbocycles. The second-order valence-electron chi connectivity index (χ2n) is 4.46. The average molecular weight is 231 g/mol. The Hall–Kier alpha value is -1.30. The third-order valence-corrected chi connectivity index (χ3v) is 1.89. The summed E-state index contributed by atoms with van der Waals surface area (Å²) in [6.45, 7) is 6.67. The van der Waals surface area contributed by atoms with Crippen LogP contribution in [0.2, 0.25) is 0 Å². The maximum atomic E-state index is 11.7. The SMILES string of the molecule is CC(C)(C)OC(=O)N1CCOC(OC=O)C1. The van der Waals surface area contributed by atoms with Crippen LogP contribution >= 0.6 is 0 Å². The number of carbonyl (C=O) groups is 2. The first kappa shape index (κ1) is 12.8. The van der Waals surface area contributed by atoms with E-state index >= 15 is 0 Å². The second kappa shape index (κ2) is 5.16. The molecule has 1 aliphatic rings. The average Bonchev–Trinajstić information content (AvgIpc) is 2.16. The van der Waals surface area contributed by atoms with E-state index < -0.39 is 18.0 Å². The Kier molecular flexibility index (Phi) is 4.12. The van der Waals surface area contributed by atoms with Gasteiger partial charge in [-0.15, -0.1) is 0 Å². The van der Waals surface area contributed by atoms with Gasteiger partial charge in [-0.1, -0.05) is 0 Å². The quantitative estimate of drug-likeness (QED) is 0.656. The van der Waals surface area contributed by atoms with Crippen LogP contribution in [0.4, 0.5) is 4.79 Å². The maximum Gasteiger partial charge on any atom is 0.410 e. The van der Waals surface area contributed by atoms with Crippen molar-refractivity contribution in [3.8, 4) is 0 Å². The molecule has 1 amide bonds. The fraction of sp³-hybridized carbons (Fsp3) is 0.800. The van der Waals surface area contributed by atoms with Gasteiger partial charge in [-0.3, -0.25) is 9.69 Å². The van der Waals surface area contributed by atoms with Crippen LogP contribution in [-0.2, 0) is 19.0 Å². The molecule has 16 heavy (non-hydrogen) atoms. The summed E-state index contributed by atoms with van der Waals surface area (Å²) in [4.78, 5) is 23.3. The molecule has 0 radical (unpaired) electrons. The van der Waals surface area contributed by atoms with Gasteiger partial charge in [0.1, 0.15) is 5.60 Å². The highest BCUT2D eigenvalue weighted by atomic mass is 16.7. The molecule has 1 aliphatic heterocycles. The molecule has 1 heterocycles. The predicted molar refractivity (Wildman–Crippen MR) is 54.7 cm³/mol. The van der Waals surface area contributed by atoms with Gasteiger partial charge in [0.15, 0.2) is 0 Å². The van der Waals surface area contributed by atoms with E-state index in [0.29, 0.717) is 19.6 Å². The summed E-state index contributed by atoms with van der Waals surface area (Å²) in [7, 11) is 0. The smallest absolute Gasteiger partial charge is 0.410 e. The molecule has 0 aromatic heterocycles. The van der Waals surface area contributed by atoms with Crippen LogP contribution in [0.15, 0.2) is 0 Å². The molecule has 0 saturated carbocycles. The largest absolute Gasteiger partial charge is 0.444 e. The number of rotatable bonds is 2. The number of hydrogen-bond acceptors (Lipinski definition) is 5. The number of nitrogens with zero attached hydrogens (tertiary/aromatic N) is 1. The summed E-state index contributed by atoms with van der Waals surface area (Å²) in [5.74, 6) is 0. The lowest BCUT2D eigenvalue weighted by atomic mass is 10.2. The molecule has 6 heteroatoms. The molecule has 1 unspecified atom stereocenters. The Morgan fingerprint density at radius 3 is 2.75 bits per heavy atom. The highest BCUT2D eigenvalue weighted by molar-refractivity contribution is 5.68. The lowest BCUT2D eigenvalue weighted by Crippen LogP contribution is -2.48. The van der Waals surface area contributed by atoms with Gasteiger partial charge in [0.2, 0.25) is 6.29 Å². The molecule has 92 valence electrons. The summed E-state index contributed by atoms with van der Waals surface area (Å²) < 4.78 is 15.0. The first-order chi connectivity index (χ1) is 7.42. The van der Waals surface area contributed by atoms with Gasteiger partial charge in [-0.05, 0) is 20.8 Å². The first-order valence-electron chi connectivity index (χ1n) is 5.11. The molecule has 0 N–H and O–H groups in total. The van der Waals surface area contributed by atoms with Gasteiger partial charge < -0.3 is 14.2 Å². The molecule has 1 saturated heterocycles. The molecule has 1 fully saturated rings. The van der Waals surface area contributed by atoms with E-state index in [2.05, 4.69) is 4.74 Å². The normalized spacial score (nSPS) is 21.4. The van der Waals surface area contributed by atoms with Gasteiger partial charge in [0.05, 0.1) is 13.2 Å². The van der Waals surface area contributed by atoms with E-state index in [0.717, 1.165) is 0 Å². The molecule has 0 aromatic carbocycles. The van der Waals surface area contributed by atoms with E-state index in [-0.39, 0.29) is 6.54 Å². The van der Waals surface area contributed by atoms with Crippen molar-refractivity contribution in [2.24, 2.45) is 0 Å². The van der Waals surface area contributed by atoms with Crippen LogP contribution in [0.3, 0.4) is 0 Å². The van der Waals surface area contributed by atoms with Gasteiger partial charge in [-0.2, -0.15) is 0 Å². The lowest BCUT2D eigenvalue weighted by Gasteiger charge is -2.33. The standard InChI is InChI=1S/C10H17NO5/c1-10(2,3)16-9(13)11-4-5-14-8(6-11)15-7-12/h7-8H,4-6H2,1-3H3. The van der Waals surface area contributed by atoms with Crippen molar-refractivity contribution in [1.82, 2.24) is 4.90 Å². The molecular weight excluding hydrogens is 214 g/mol. The molecule has 1 atom stereocenters. The Bertz CT molecular complexity index is 260. The third-order valence-electron chi connectivity index (χ3n) is 1.89. The summed E-state index contributed by atoms with van der Waals surface area (Å²) in [5.41, 5.74) is -0.531. The number of ether oxygens (including phenoxy) is 3. The molecule has 0 aromatic rings. The zero-order chi connectivity index (χ0) is 12.2.